The van der Waals surface area contributed by atoms with Crippen molar-refractivity contribution < 1.29 is 18.7 Å². The van der Waals surface area contributed by atoms with Gasteiger partial charge in [-0.15, -0.1) is 0 Å². The van der Waals surface area contributed by atoms with Crippen molar-refractivity contribution in [2.24, 2.45) is 0 Å². The van der Waals surface area contributed by atoms with Crippen LogP contribution >= 0.6 is 0 Å². The molecule has 0 aromatic heterocycles. The Bertz CT molecular complexity index is 709. The van der Waals surface area contributed by atoms with Gasteiger partial charge in [-0.25, -0.2) is 4.39 Å². The van der Waals surface area contributed by atoms with Gasteiger partial charge >= 0.3 is 0 Å². The Labute approximate surface area is 152 Å². The fourth-order valence-corrected chi connectivity index (χ4v) is 3.41. The number of methoxy groups -OCH3 is 1. The minimum atomic E-state index is -0.375. The maximum absolute atomic E-state index is 13.3. The molecule has 7 heteroatoms. The molecule has 0 saturated carbocycles. The van der Waals surface area contributed by atoms with Crippen LogP contribution in [0.15, 0.2) is 30.0 Å². The summed E-state index contributed by atoms with van der Waals surface area (Å²) >= 11 is 0. The summed E-state index contributed by atoms with van der Waals surface area (Å²) in [7, 11) is 1.53. The van der Waals surface area contributed by atoms with Gasteiger partial charge in [0, 0.05) is 33.3 Å². The standard InChI is InChI=1S/C19H24FN3O3/c1-3-21-8-10-22(11-9-21)17-16(14-4-6-15(20)7-5-14)18(24)23(19(17)25)12-13-26-2/h4-7H,3,8-13H2,1-2H3. The van der Waals surface area contributed by atoms with Crippen LogP contribution in [0.25, 0.3) is 5.57 Å². The lowest BCUT2D eigenvalue weighted by Crippen LogP contribution is -2.47. The zero-order chi connectivity index (χ0) is 18.7. The first-order valence-corrected chi connectivity index (χ1v) is 8.89. The summed E-state index contributed by atoms with van der Waals surface area (Å²) in [6.07, 6.45) is 0. The lowest BCUT2D eigenvalue weighted by molar-refractivity contribution is -0.138. The predicted molar refractivity (Wildman–Crippen MR) is 95.6 cm³/mol. The SMILES string of the molecule is CCN1CCN(C2=C(c3ccc(F)cc3)C(=O)N(CCOC)C2=O)CC1. The summed E-state index contributed by atoms with van der Waals surface area (Å²) in [4.78, 5) is 31.4. The summed E-state index contributed by atoms with van der Waals surface area (Å²) in [5, 5.41) is 0. The Morgan fingerprint density at radius 3 is 2.27 bits per heavy atom. The highest BCUT2D eigenvalue weighted by Gasteiger charge is 2.41. The number of likely N-dealkylation sites (N-methyl/N-ethyl adjacent to an activating group) is 1. The van der Waals surface area contributed by atoms with Crippen LogP contribution in [0.3, 0.4) is 0 Å². The maximum Gasteiger partial charge on any atom is 0.277 e. The molecule has 2 heterocycles. The minimum Gasteiger partial charge on any atom is -0.383 e. The van der Waals surface area contributed by atoms with E-state index in [-0.39, 0.29) is 30.8 Å². The van der Waals surface area contributed by atoms with Gasteiger partial charge in [-0.05, 0) is 24.2 Å². The minimum absolute atomic E-state index is 0.206. The molecule has 2 amide bonds. The molecule has 1 aromatic rings. The zero-order valence-electron chi connectivity index (χ0n) is 15.2. The van der Waals surface area contributed by atoms with Crippen LogP contribution in [0.2, 0.25) is 0 Å². The Kier molecular flexibility index (Phi) is 5.68. The Hall–Kier alpha value is -2.25. The van der Waals surface area contributed by atoms with E-state index in [0.717, 1.165) is 19.6 Å². The molecule has 1 fully saturated rings. The second-order valence-corrected chi connectivity index (χ2v) is 6.41. The van der Waals surface area contributed by atoms with Crippen molar-refractivity contribution in [3.8, 4) is 0 Å². The van der Waals surface area contributed by atoms with Crippen LogP contribution in [0.4, 0.5) is 4.39 Å². The molecule has 0 bridgehead atoms. The number of carbonyl (C=O) groups excluding carboxylic acids is 2. The third-order valence-electron chi connectivity index (χ3n) is 4.93. The van der Waals surface area contributed by atoms with Gasteiger partial charge in [0.2, 0.25) is 0 Å². The molecule has 0 radical (unpaired) electrons. The molecule has 0 unspecified atom stereocenters. The largest absolute Gasteiger partial charge is 0.383 e. The first-order valence-electron chi connectivity index (χ1n) is 8.89. The first-order chi connectivity index (χ1) is 12.6. The van der Waals surface area contributed by atoms with Crippen molar-refractivity contribution in [3.05, 3.63) is 41.3 Å². The van der Waals surface area contributed by atoms with Crippen molar-refractivity contribution >= 4 is 17.4 Å². The third-order valence-corrected chi connectivity index (χ3v) is 4.93. The Morgan fingerprint density at radius 1 is 1.04 bits per heavy atom. The van der Waals surface area contributed by atoms with Gasteiger partial charge in [0.1, 0.15) is 11.5 Å². The van der Waals surface area contributed by atoms with Crippen LogP contribution in [0.5, 0.6) is 0 Å². The summed E-state index contributed by atoms with van der Waals surface area (Å²) in [5.41, 5.74) is 1.35. The van der Waals surface area contributed by atoms with Gasteiger partial charge in [0.25, 0.3) is 11.8 Å². The van der Waals surface area contributed by atoms with E-state index in [4.69, 9.17) is 4.74 Å². The second kappa shape index (κ2) is 7.97. The highest BCUT2D eigenvalue weighted by atomic mass is 19.1. The van der Waals surface area contributed by atoms with Crippen molar-refractivity contribution in [3.63, 3.8) is 0 Å². The number of hydrogen-bond acceptors (Lipinski definition) is 5. The van der Waals surface area contributed by atoms with E-state index in [2.05, 4.69) is 11.8 Å². The molecule has 0 N–H and O–H groups in total. The number of amides is 2. The summed E-state index contributed by atoms with van der Waals surface area (Å²) in [5.74, 6) is -1.01. The van der Waals surface area contributed by atoms with E-state index in [1.54, 1.807) is 12.1 Å². The van der Waals surface area contributed by atoms with Crippen LogP contribution in [-0.2, 0) is 14.3 Å². The molecule has 2 aliphatic heterocycles. The average Bonchev–Trinajstić information content (AvgIpc) is 2.91. The molecule has 6 nitrogen and oxygen atoms in total. The number of nitrogens with zero attached hydrogens (tertiary/aromatic N) is 3. The molecule has 1 saturated heterocycles. The second-order valence-electron chi connectivity index (χ2n) is 6.41. The molecular weight excluding hydrogens is 337 g/mol. The van der Waals surface area contributed by atoms with Gasteiger partial charge in [-0.3, -0.25) is 14.5 Å². The fourth-order valence-electron chi connectivity index (χ4n) is 3.41. The number of rotatable bonds is 6. The molecule has 26 heavy (non-hydrogen) atoms. The number of piperazine rings is 1. The topological polar surface area (TPSA) is 53.1 Å². The van der Waals surface area contributed by atoms with E-state index < -0.39 is 0 Å². The highest BCUT2D eigenvalue weighted by molar-refractivity contribution is 6.35. The normalized spacial score (nSPS) is 19.0. The number of halogens is 1. The molecule has 0 atom stereocenters. The van der Waals surface area contributed by atoms with Crippen molar-refractivity contribution in [1.29, 1.82) is 0 Å². The average molecular weight is 361 g/mol. The summed E-state index contributed by atoms with van der Waals surface area (Å²) in [6.45, 7) is 6.62. The summed E-state index contributed by atoms with van der Waals surface area (Å²) < 4.78 is 18.3. The van der Waals surface area contributed by atoms with E-state index in [1.165, 1.54) is 24.1 Å². The molecule has 3 rings (SSSR count). The van der Waals surface area contributed by atoms with Crippen molar-refractivity contribution in [1.82, 2.24) is 14.7 Å². The van der Waals surface area contributed by atoms with Crippen LogP contribution in [0.1, 0.15) is 12.5 Å². The molecule has 0 spiro atoms. The number of benzene rings is 1. The van der Waals surface area contributed by atoms with Gasteiger partial charge in [0.05, 0.1) is 18.7 Å². The molecular formula is C19H24FN3O3. The van der Waals surface area contributed by atoms with Crippen molar-refractivity contribution in [2.75, 3.05) is 53.0 Å². The molecule has 1 aromatic carbocycles. The number of hydrogen-bond donors (Lipinski definition) is 0. The smallest absolute Gasteiger partial charge is 0.277 e. The van der Waals surface area contributed by atoms with E-state index in [9.17, 15) is 14.0 Å². The molecule has 0 aliphatic carbocycles. The third kappa shape index (κ3) is 3.50. The Morgan fingerprint density at radius 2 is 1.69 bits per heavy atom. The van der Waals surface area contributed by atoms with Gasteiger partial charge in [-0.1, -0.05) is 19.1 Å². The predicted octanol–water partition coefficient (Wildman–Crippen LogP) is 1.19. The number of carbonyl (C=O) groups is 2. The first kappa shape index (κ1) is 18.5. The van der Waals surface area contributed by atoms with Crippen LogP contribution in [-0.4, -0.2) is 79.5 Å². The number of imide groups is 1. The van der Waals surface area contributed by atoms with Crippen LogP contribution < -0.4 is 0 Å². The fraction of sp³-hybridized carbons (Fsp3) is 0.474. The van der Waals surface area contributed by atoms with Gasteiger partial charge in [0.15, 0.2) is 0 Å². The van der Waals surface area contributed by atoms with E-state index in [1.807, 2.05) is 4.90 Å². The molecule has 2 aliphatic rings. The van der Waals surface area contributed by atoms with Gasteiger partial charge in [-0.2, -0.15) is 0 Å². The van der Waals surface area contributed by atoms with Crippen molar-refractivity contribution in [2.45, 2.75) is 6.92 Å². The monoisotopic (exact) mass is 361 g/mol. The number of ether oxygens (including phenoxy) is 1. The lowest BCUT2D eigenvalue weighted by atomic mass is 10.0. The quantitative estimate of drug-likeness (QED) is 0.713. The van der Waals surface area contributed by atoms with E-state index >= 15 is 0 Å². The summed E-state index contributed by atoms with van der Waals surface area (Å²) in [6, 6.07) is 5.73. The maximum atomic E-state index is 13.3. The zero-order valence-corrected chi connectivity index (χ0v) is 15.2. The highest BCUT2D eigenvalue weighted by Crippen LogP contribution is 2.32. The molecule has 140 valence electrons. The van der Waals surface area contributed by atoms with Gasteiger partial charge < -0.3 is 14.5 Å². The lowest BCUT2D eigenvalue weighted by Gasteiger charge is -2.36. The van der Waals surface area contributed by atoms with Crippen LogP contribution in [0, 0.1) is 5.82 Å². The van der Waals surface area contributed by atoms with E-state index in [0.29, 0.717) is 29.9 Å². The Balaban J connectivity index is 1.96.